The van der Waals surface area contributed by atoms with Crippen molar-refractivity contribution in [3.05, 3.63) is 28.2 Å². The van der Waals surface area contributed by atoms with Gasteiger partial charge in [0.05, 0.1) is 15.8 Å². The maximum absolute atomic E-state index is 12.4. The molecule has 0 saturated heterocycles. The van der Waals surface area contributed by atoms with Gasteiger partial charge in [0.1, 0.15) is 0 Å². The number of halogens is 2. The molecule has 0 aliphatic heterocycles. The van der Waals surface area contributed by atoms with Crippen LogP contribution in [0.25, 0.3) is 5.78 Å². The molecule has 3 aromatic rings. The molecule has 0 unspecified atom stereocenters. The molecule has 0 saturated carbocycles. The fourth-order valence-electron chi connectivity index (χ4n) is 2.46. The van der Waals surface area contributed by atoms with Crippen molar-refractivity contribution in [3.8, 4) is 0 Å². The molecular weight excluding hydrogens is 447 g/mol. The molecular formula is C18H22Cl2N8OS. The lowest BCUT2D eigenvalue weighted by atomic mass is 10.3. The summed E-state index contributed by atoms with van der Waals surface area (Å²) in [7, 11) is 0. The zero-order chi connectivity index (χ0) is 21.8. The lowest BCUT2D eigenvalue weighted by Crippen LogP contribution is -2.19. The number of hydrogen-bond donors (Lipinski definition) is 3. The lowest BCUT2D eigenvalue weighted by molar-refractivity contribution is -0.113. The van der Waals surface area contributed by atoms with Crippen molar-refractivity contribution in [1.29, 1.82) is 0 Å². The van der Waals surface area contributed by atoms with Gasteiger partial charge < -0.3 is 16.0 Å². The van der Waals surface area contributed by atoms with Gasteiger partial charge in [-0.3, -0.25) is 4.79 Å². The number of thioether (sulfide) groups is 1. The van der Waals surface area contributed by atoms with Crippen molar-refractivity contribution in [1.82, 2.24) is 24.6 Å². The van der Waals surface area contributed by atoms with Crippen molar-refractivity contribution >= 4 is 64.2 Å². The number of fused-ring (bicyclic) bond motifs is 1. The third-order valence-corrected chi connectivity index (χ3v) is 5.29. The predicted molar refractivity (Wildman–Crippen MR) is 122 cm³/mol. The SMILES string of the molecule is CC(C)Nc1nc(NC(C)C)n2c(SCC(=O)Nc3ccc(Cl)c(Cl)c3)nnc2n1. The quantitative estimate of drug-likeness (QED) is 0.422. The molecule has 0 aliphatic carbocycles. The molecule has 1 aromatic carbocycles. The van der Waals surface area contributed by atoms with Gasteiger partial charge in [0.25, 0.3) is 5.78 Å². The highest BCUT2D eigenvalue weighted by Crippen LogP contribution is 2.26. The Morgan fingerprint density at radius 1 is 1.07 bits per heavy atom. The summed E-state index contributed by atoms with van der Waals surface area (Å²) in [6.07, 6.45) is 0. The van der Waals surface area contributed by atoms with Gasteiger partial charge in [0, 0.05) is 17.8 Å². The monoisotopic (exact) mass is 468 g/mol. The van der Waals surface area contributed by atoms with Gasteiger partial charge in [0.15, 0.2) is 5.16 Å². The van der Waals surface area contributed by atoms with Crippen LogP contribution in [0.5, 0.6) is 0 Å². The van der Waals surface area contributed by atoms with Gasteiger partial charge in [-0.1, -0.05) is 35.0 Å². The number of nitrogens with zero attached hydrogens (tertiary/aromatic N) is 5. The highest BCUT2D eigenvalue weighted by atomic mass is 35.5. The summed E-state index contributed by atoms with van der Waals surface area (Å²) in [5.74, 6) is 1.31. The molecule has 2 aromatic heterocycles. The fourth-order valence-corrected chi connectivity index (χ4v) is 3.49. The standard InChI is InChI=1S/C18H22Cl2N8OS/c1-9(2)21-15-24-16(22-10(3)4)28-17(25-15)26-27-18(28)30-8-14(29)23-11-5-6-12(19)13(20)7-11/h5-7,9-10H,8H2,1-4H3,(H,23,29)(H2,21,22,24,25,26). The zero-order valence-electron chi connectivity index (χ0n) is 16.9. The second-order valence-corrected chi connectivity index (χ2v) is 8.81. The minimum atomic E-state index is -0.215. The molecule has 0 atom stereocenters. The van der Waals surface area contributed by atoms with Gasteiger partial charge in [-0.2, -0.15) is 9.97 Å². The Bertz CT molecular complexity index is 1060. The fraction of sp³-hybridized carbons (Fsp3) is 0.389. The molecule has 0 aliphatic rings. The Balaban J connectivity index is 1.78. The van der Waals surface area contributed by atoms with Gasteiger partial charge in [0.2, 0.25) is 17.8 Å². The molecule has 0 radical (unpaired) electrons. The number of carbonyl (C=O) groups excluding carboxylic acids is 1. The summed E-state index contributed by atoms with van der Waals surface area (Å²) in [6, 6.07) is 5.21. The molecule has 1 amide bonds. The summed E-state index contributed by atoms with van der Waals surface area (Å²) in [5, 5.41) is 18.8. The zero-order valence-corrected chi connectivity index (χ0v) is 19.2. The number of rotatable bonds is 8. The molecule has 12 heteroatoms. The van der Waals surface area contributed by atoms with E-state index >= 15 is 0 Å². The largest absolute Gasteiger partial charge is 0.353 e. The number of carbonyl (C=O) groups is 1. The van der Waals surface area contributed by atoms with Crippen molar-refractivity contribution in [3.63, 3.8) is 0 Å². The molecule has 3 N–H and O–H groups in total. The van der Waals surface area contributed by atoms with Crippen LogP contribution in [0.4, 0.5) is 17.6 Å². The Kier molecular flexibility index (Phi) is 7.22. The number of hydrogen-bond acceptors (Lipinski definition) is 8. The topological polar surface area (TPSA) is 109 Å². The number of anilines is 3. The molecule has 3 rings (SSSR count). The van der Waals surface area contributed by atoms with E-state index in [0.29, 0.717) is 38.6 Å². The van der Waals surface area contributed by atoms with E-state index in [1.165, 1.54) is 11.8 Å². The molecule has 2 heterocycles. The van der Waals surface area contributed by atoms with Crippen LogP contribution < -0.4 is 16.0 Å². The van der Waals surface area contributed by atoms with Gasteiger partial charge >= 0.3 is 0 Å². The number of benzene rings is 1. The van der Waals surface area contributed by atoms with Crippen LogP contribution in [0, 0.1) is 0 Å². The van der Waals surface area contributed by atoms with E-state index < -0.39 is 0 Å². The first-order valence-electron chi connectivity index (χ1n) is 9.27. The molecule has 30 heavy (non-hydrogen) atoms. The minimum Gasteiger partial charge on any atom is -0.353 e. The van der Waals surface area contributed by atoms with E-state index in [-0.39, 0.29) is 23.7 Å². The van der Waals surface area contributed by atoms with Crippen LogP contribution in [-0.2, 0) is 4.79 Å². The van der Waals surface area contributed by atoms with E-state index in [9.17, 15) is 4.79 Å². The first-order chi connectivity index (χ1) is 14.2. The molecule has 9 nitrogen and oxygen atoms in total. The van der Waals surface area contributed by atoms with Crippen molar-refractivity contribution in [2.45, 2.75) is 44.9 Å². The Morgan fingerprint density at radius 3 is 2.47 bits per heavy atom. The van der Waals surface area contributed by atoms with E-state index in [0.717, 1.165) is 0 Å². The highest BCUT2D eigenvalue weighted by molar-refractivity contribution is 7.99. The first-order valence-corrected chi connectivity index (χ1v) is 11.0. The van der Waals surface area contributed by atoms with Crippen LogP contribution in [-0.4, -0.2) is 48.3 Å². The maximum Gasteiger partial charge on any atom is 0.261 e. The van der Waals surface area contributed by atoms with Crippen LogP contribution in [0.1, 0.15) is 27.7 Å². The first kappa shape index (κ1) is 22.4. The number of nitrogens with one attached hydrogen (secondary N) is 3. The summed E-state index contributed by atoms with van der Waals surface area (Å²) < 4.78 is 1.70. The average Bonchev–Trinajstić information content (AvgIpc) is 3.05. The molecule has 0 fully saturated rings. The van der Waals surface area contributed by atoms with Crippen LogP contribution in [0.3, 0.4) is 0 Å². The van der Waals surface area contributed by atoms with E-state index in [4.69, 9.17) is 23.2 Å². The van der Waals surface area contributed by atoms with Gasteiger partial charge in [-0.05, 0) is 45.9 Å². The number of amides is 1. The summed E-state index contributed by atoms with van der Waals surface area (Å²) in [5.41, 5.74) is 0.566. The van der Waals surface area contributed by atoms with Crippen LogP contribution in [0.2, 0.25) is 10.0 Å². The van der Waals surface area contributed by atoms with E-state index in [1.54, 1.807) is 22.6 Å². The van der Waals surface area contributed by atoms with E-state index in [1.807, 2.05) is 27.7 Å². The Hall–Kier alpha value is -2.30. The second-order valence-electron chi connectivity index (χ2n) is 7.05. The Morgan fingerprint density at radius 2 is 1.80 bits per heavy atom. The van der Waals surface area contributed by atoms with Crippen molar-refractivity contribution < 1.29 is 4.79 Å². The molecule has 160 valence electrons. The summed E-state index contributed by atoms with van der Waals surface area (Å²) in [6.45, 7) is 8.01. The molecule has 0 spiro atoms. The lowest BCUT2D eigenvalue weighted by Gasteiger charge is -2.14. The highest BCUT2D eigenvalue weighted by Gasteiger charge is 2.17. The predicted octanol–water partition coefficient (Wildman–Crippen LogP) is 4.20. The minimum absolute atomic E-state index is 0.119. The van der Waals surface area contributed by atoms with Crippen LogP contribution >= 0.6 is 35.0 Å². The van der Waals surface area contributed by atoms with Gasteiger partial charge in [-0.15, -0.1) is 10.2 Å². The van der Waals surface area contributed by atoms with Crippen molar-refractivity contribution in [2.75, 3.05) is 21.7 Å². The van der Waals surface area contributed by atoms with Gasteiger partial charge in [-0.25, -0.2) is 4.40 Å². The summed E-state index contributed by atoms with van der Waals surface area (Å²) in [4.78, 5) is 21.3. The average molecular weight is 469 g/mol. The normalized spacial score (nSPS) is 11.3. The maximum atomic E-state index is 12.4. The Labute approximate surface area is 188 Å². The summed E-state index contributed by atoms with van der Waals surface area (Å²) >= 11 is 13.1. The van der Waals surface area contributed by atoms with E-state index in [2.05, 4.69) is 36.1 Å². The smallest absolute Gasteiger partial charge is 0.261 e. The molecule has 0 bridgehead atoms. The third-order valence-electron chi connectivity index (χ3n) is 3.62. The van der Waals surface area contributed by atoms with Crippen LogP contribution in [0.15, 0.2) is 23.4 Å². The van der Waals surface area contributed by atoms with Crippen molar-refractivity contribution in [2.24, 2.45) is 0 Å². The third kappa shape index (κ3) is 5.65. The second kappa shape index (κ2) is 9.67. The number of aromatic nitrogens is 5.